The zero-order chi connectivity index (χ0) is 12.3. The second-order valence-corrected chi connectivity index (χ2v) is 4.30. The Bertz CT molecular complexity index is 376. The molecule has 1 aromatic rings. The van der Waals surface area contributed by atoms with Crippen LogP contribution in [0.3, 0.4) is 0 Å². The highest BCUT2D eigenvalue weighted by atomic mass is 19.4. The van der Waals surface area contributed by atoms with Crippen molar-refractivity contribution in [3.05, 3.63) is 35.4 Å². The molecule has 2 rings (SSSR count). The largest absolute Gasteiger partial charge is 0.401 e. The number of hydrogen-bond acceptors (Lipinski definition) is 2. The van der Waals surface area contributed by atoms with E-state index in [1.165, 1.54) is 11.1 Å². The number of hydrogen-bond donors (Lipinski definition) is 2. The first kappa shape index (κ1) is 12.4. The molecule has 0 fully saturated rings. The van der Waals surface area contributed by atoms with Gasteiger partial charge in [-0.2, -0.15) is 13.2 Å². The van der Waals surface area contributed by atoms with Crippen LogP contribution in [-0.4, -0.2) is 25.3 Å². The molecule has 0 amide bonds. The molecule has 17 heavy (non-hydrogen) atoms. The first-order valence-corrected chi connectivity index (χ1v) is 5.62. The van der Waals surface area contributed by atoms with Crippen molar-refractivity contribution in [3.63, 3.8) is 0 Å². The molecule has 0 bridgehead atoms. The Morgan fingerprint density at radius 1 is 1.24 bits per heavy atom. The molecular weight excluding hydrogens is 229 g/mol. The molecule has 2 N–H and O–H groups in total. The maximum atomic E-state index is 12.0. The van der Waals surface area contributed by atoms with Gasteiger partial charge >= 0.3 is 6.18 Å². The molecule has 0 saturated carbocycles. The number of benzene rings is 1. The quantitative estimate of drug-likeness (QED) is 0.848. The molecule has 1 heterocycles. The number of rotatable bonds is 3. The van der Waals surface area contributed by atoms with Crippen LogP contribution < -0.4 is 10.6 Å². The predicted molar refractivity (Wildman–Crippen MR) is 59.7 cm³/mol. The van der Waals surface area contributed by atoms with Crippen LogP contribution in [0.25, 0.3) is 0 Å². The fraction of sp³-hybridized carbons (Fsp3) is 0.500. The third kappa shape index (κ3) is 3.71. The molecule has 0 saturated heterocycles. The van der Waals surface area contributed by atoms with Gasteiger partial charge in [-0.3, -0.25) is 0 Å². The van der Waals surface area contributed by atoms with Gasteiger partial charge in [-0.15, -0.1) is 0 Å². The first-order valence-electron chi connectivity index (χ1n) is 5.62. The summed E-state index contributed by atoms with van der Waals surface area (Å²) in [4.78, 5) is 0. The van der Waals surface area contributed by atoms with Gasteiger partial charge < -0.3 is 10.6 Å². The van der Waals surface area contributed by atoms with E-state index in [9.17, 15) is 13.2 Å². The van der Waals surface area contributed by atoms with Gasteiger partial charge in [0.25, 0.3) is 0 Å². The molecule has 5 heteroatoms. The van der Waals surface area contributed by atoms with E-state index in [1.54, 1.807) is 0 Å². The minimum Gasteiger partial charge on any atom is -0.308 e. The second-order valence-electron chi connectivity index (χ2n) is 4.30. The predicted octanol–water partition coefficient (Wildman–Crippen LogP) is 1.85. The van der Waals surface area contributed by atoms with Crippen molar-refractivity contribution in [3.8, 4) is 0 Å². The van der Waals surface area contributed by atoms with Crippen LogP contribution in [0.4, 0.5) is 13.2 Å². The monoisotopic (exact) mass is 244 g/mol. The lowest BCUT2D eigenvalue weighted by Crippen LogP contribution is -2.44. The summed E-state index contributed by atoms with van der Waals surface area (Å²) in [6.45, 7) is 0.148. The van der Waals surface area contributed by atoms with Crippen LogP contribution in [0.15, 0.2) is 24.3 Å². The Morgan fingerprint density at radius 3 is 2.65 bits per heavy atom. The first-order chi connectivity index (χ1) is 8.04. The minimum atomic E-state index is -4.13. The van der Waals surface area contributed by atoms with E-state index in [2.05, 4.69) is 10.6 Å². The van der Waals surface area contributed by atoms with Gasteiger partial charge in [0.2, 0.25) is 0 Å². The summed E-state index contributed by atoms with van der Waals surface area (Å²) in [6, 6.07) is 8.09. The van der Waals surface area contributed by atoms with Crippen LogP contribution in [0.2, 0.25) is 0 Å². The molecule has 2 nitrogen and oxygen atoms in total. The third-order valence-corrected chi connectivity index (χ3v) is 2.88. The molecule has 0 spiro atoms. The molecule has 0 radical (unpaired) electrons. The second kappa shape index (κ2) is 5.06. The van der Waals surface area contributed by atoms with E-state index >= 15 is 0 Å². The number of nitrogens with one attached hydrogen (secondary N) is 2. The highest BCUT2D eigenvalue weighted by molar-refractivity contribution is 5.29. The fourth-order valence-electron chi connectivity index (χ4n) is 2.05. The Morgan fingerprint density at radius 2 is 1.94 bits per heavy atom. The van der Waals surface area contributed by atoms with Crippen molar-refractivity contribution in [1.29, 1.82) is 0 Å². The summed E-state index contributed by atoms with van der Waals surface area (Å²) < 4.78 is 35.9. The minimum absolute atomic E-state index is 0.0762. The molecule has 1 aliphatic rings. The van der Waals surface area contributed by atoms with E-state index in [0.29, 0.717) is 6.54 Å². The van der Waals surface area contributed by atoms with Crippen LogP contribution in [0.5, 0.6) is 0 Å². The smallest absolute Gasteiger partial charge is 0.308 e. The van der Waals surface area contributed by atoms with Gasteiger partial charge in [0.1, 0.15) is 0 Å². The van der Waals surface area contributed by atoms with Crippen molar-refractivity contribution in [1.82, 2.24) is 10.6 Å². The zero-order valence-corrected chi connectivity index (χ0v) is 9.35. The topological polar surface area (TPSA) is 24.1 Å². The van der Waals surface area contributed by atoms with Crippen molar-refractivity contribution in [2.24, 2.45) is 0 Å². The van der Waals surface area contributed by atoms with Gasteiger partial charge in [-0.25, -0.2) is 0 Å². The van der Waals surface area contributed by atoms with Crippen LogP contribution in [0, 0.1) is 0 Å². The summed E-state index contributed by atoms with van der Waals surface area (Å²) in [5.41, 5.74) is 2.46. The SMILES string of the molecule is FC(F)(F)CNC[C@@H]1Cc2ccccc2CN1. The van der Waals surface area contributed by atoms with Gasteiger partial charge in [-0.1, -0.05) is 24.3 Å². The highest BCUT2D eigenvalue weighted by Gasteiger charge is 2.27. The van der Waals surface area contributed by atoms with Gasteiger partial charge in [0.15, 0.2) is 0 Å². The Kier molecular flexibility index (Phi) is 3.69. The van der Waals surface area contributed by atoms with Crippen molar-refractivity contribution in [2.45, 2.75) is 25.2 Å². The van der Waals surface area contributed by atoms with E-state index in [1.807, 2.05) is 24.3 Å². The standard InChI is InChI=1S/C12H15F3N2/c13-12(14,15)8-16-7-11-5-9-3-1-2-4-10(9)6-17-11/h1-4,11,16-17H,5-8H2/t11-/m0/s1. The fourth-order valence-corrected chi connectivity index (χ4v) is 2.05. The molecule has 1 atom stereocenters. The number of alkyl halides is 3. The molecule has 94 valence electrons. The van der Waals surface area contributed by atoms with Crippen LogP contribution in [0.1, 0.15) is 11.1 Å². The lowest BCUT2D eigenvalue weighted by atomic mass is 9.96. The zero-order valence-electron chi connectivity index (χ0n) is 9.35. The highest BCUT2D eigenvalue weighted by Crippen LogP contribution is 2.16. The average molecular weight is 244 g/mol. The van der Waals surface area contributed by atoms with E-state index < -0.39 is 12.7 Å². The van der Waals surface area contributed by atoms with Crippen molar-refractivity contribution < 1.29 is 13.2 Å². The van der Waals surface area contributed by atoms with Gasteiger partial charge in [-0.05, 0) is 17.5 Å². The molecule has 0 aromatic heterocycles. The van der Waals surface area contributed by atoms with Crippen LogP contribution >= 0.6 is 0 Å². The summed E-state index contributed by atoms with van der Waals surface area (Å²) in [5, 5.41) is 5.67. The Hall–Kier alpha value is -1.07. The normalized spacial score (nSPS) is 20.1. The van der Waals surface area contributed by atoms with E-state index in [4.69, 9.17) is 0 Å². The van der Waals surface area contributed by atoms with Crippen molar-refractivity contribution in [2.75, 3.05) is 13.1 Å². The van der Waals surface area contributed by atoms with Crippen molar-refractivity contribution >= 4 is 0 Å². The summed E-state index contributed by atoms with van der Waals surface area (Å²) >= 11 is 0. The van der Waals surface area contributed by atoms with E-state index in [0.717, 1.165) is 13.0 Å². The van der Waals surface area contributed by atoms with Crippen LogP contribution in [-0.2, 0) is 13.0 Å². The lowest BCUT2D eigenvalue weighted by molar-refractivity contribution is -0.124. The maximum Gasteiger partial charge on any atom is 0.401 e. The third-order valence-electron chi connectivity index (χ3n) is 2.88. The van der Waals surface area contributed by atoms with Gasteiger partial charge in [0.05, 0.1) is 6.54 Å². The molecule has 0 unspecified atom stereocenters. The lowest BCUT2D eigenvalue weighted by Gasteiger charge is -2.26. The maximum absolute atomic E-state index is 12.0. The Balaban J connectivity index is 1.82. The van der Waals surface area contributed by atoms with E-state index in [-0.39, 0.29) is 6.04 Å². The summed E-state index contributed by atoms with van der Waals surface area (Å²) in [6.07, 6.45) is -3.35. The molecule has 0 aliphatic carbocycles. The number of halogens is 3. The van der Waals surface area contributed by atoms with Gasteiger partial charge in [0, 0.05) is 19.1 Å². The number of fused-ring (bicyclic) bond motifs is 1. The summed E-state index contributed by atoms with van der Waals surface area (Å²) in [7, 11) is 0. The molecule has 1 aromatic carbocycles. The summed E-state index contributed by atoms with van der Waals surface area (Å²) in [5.74, 6) is 0. The molecular formula is C12H15F3N2. The average Bonchev–Trinajstić information content (AvgIpc) is 2.27. The Labute approximate surface area is 98.2 Å². The molecule has 1 aliphatic heterocycles.